The molecule has 0 spiro atoms. The highest BCUT2D eigenvalue weighted by Crippen LogP contribution is 2.26. The van der Waals surface area contributed by atoms with Gasteiger partial charge in [0.15, 0.2) is 5.01 Å². The second-order valence-corrected chi connectivity index (χ2v) is 5.73. The summed E-state index contributed by atoms with van der Waals surface area (Å²) in [6.45, 7) is 2.85. The van der Waals surface area contributed by atoms with Crippen LogP contribution in [0.25, 0.3) is 10.2 Å². The van der Waals surface area contributed by atoms with E-state index in [1.807, 2.05) is 30.0 Å². The van der Waals surface area contributed by atoms with Crippen LogP contribution in [0.4, 0.5) is 0 Å². The highest BCUT2D eigenvalue weighted by molar-refractivity contribution is 7.99. The lowest BCUT2D eigenvalue weighted by molar-refractivity contribution is 0.344. The third-order valence-corrected chi connectivity index (χ3v) is 3.94. The minimum Gasteiger partial charge on any atom is -0.493 e. The number of thiazole rings is 1. The molecule has 17 heavy (non-hydrogen) atoms. The molecule has 3 nitrogen and oxygen atoms in total. The zero-order chi connectivity index (χ0) is 12.1. The number of nitrogens with zero attached hydrogens (tertiary/aromatic N) is 2. The Labute approximate surface area is 108 Å². The van der Waals surface area contributed by atoms with Crippen molar-refractivity contribution in [3.63, 3.8) is 0 Å². The third-order valence-electron chi connectivity index (χ3n) is 2.16. The fourth-order valence-corrected chi connectivity index (χ4v) is 2.69. The van der Waals surface area contributed by atoms with Gasteiger partial charge in [0.2, 0.25) is 0 Å². The monoisotopic (exact) mass is 264 g/mol. The Morgan fingerprint density at radius 1 is 1.53 bits per heavy atom. The van der Waals surface area contributed by atoms with E-state index in [9.17, 15) is 0 Å². The normalized spacial score (nSPS) is 10.4. The number of thioether (sulfide) groups is 1. The summed E-state index contributed by atoms with van der Waals surface area (Å²) in [5, 5.41) is 9.27. The van der Waals surface area contributed by atoms with Crippen molar-refractivity contribution < 1.29 is 4.74 Å². The van der Waals surface area contributed by atoms with Gasteiger partial charge in [-0.15, -0.1) is 11.3 Å². The summed E-state index contributed by atoms with van der Waals surface area (Å²) in [5.74, 6) is 2.96. The molecule has 0 amide bonds. The molecule has 1 heterocycles. The first-order valence-corrected chi connectivity index (χ1v) is 7.32. The van der Waals surface area contributed by atoms with Crippen LogP contribution in [0, 0.1) is 11.3 Å². The Bertz CT molecular complexity index is 545. The molecule has 2 rings (SSSR count). The highest BCUT2D eigenvalue weighted by Gasteiger charge is 2.04. The second-order valence-electron chi connectivity index (χ2n) is 3.31. The molecule has 2 aromatic rings. The van der Waals surface area contributed by atoms with E-state index in [4.69, 9.17) is 10.00 Å². The van der Waals surface area contributed by atoms with Crippen LogP contribution in [-0.4, -0.2) is 23.1 Å². The SMILES string of the molecule is CCSCCOc1ccc2nc(C#N)sc2c1. The molecular weight excluding hydrogens is 252 g/mol. The number of nitriles is 1. The molecule has 1 aromatic heterocycles. The fraction of sp³-hybridized carbons (Fsp3) is 0.333. The third kappa shape index (κ3) is 3.11. The van der Waals surface area contributed by atoms with Gasteiger partial charge in [-0.05, 0) is 24.0 Å². The lowest BCUT2D eigenvalue weighted by atomic mass is 10.3. The first kappa shape index (κ1) is 12.2. The number of benzene rings is 1. The molecule has 0 unspecified atom stereocenters. The minimum atomic E-state index is 0.499. The van der Waals surface area contributed by atoms with E-state index in [-0.39, 0.29) is 0 Å². The van der Waals surface area contributed by atoms with Crippen molar-refractivity contribution in [1.29, 1.82) is 5.26 Å². The van der Waals surface area contributed by atoms with Gasteiger partial charge in [0.05, 0.1) is 16.8 Å². The predicted octanol–water partition coefficient (Wildman–Crippen LogP) is 3.30. The van der Waals surface area contributed by atoms with Gasteiger partial charge in [-0.1, -0.05) is 6.92 Å². The number of hydrogen-bond acceptors (Lipinski definition) is 5. The van der Waals surface area contributed by atoms with E-state index < -0.39 is 0 Å². The molecular formula is C12H12N2OS2. The smallest absolute Gasteiger partial charge is 0.195 e. The van der Waals surface area contributed by atoms with Crippen LogP contribution in [-0.2, 0) is 0 Å². The zero-order valence-electron chi connectivity index (χ0n) is 9.47. The van der Waals surface area contributed by atoms with E-state index in [1.165, 1.54) is 11.3 Å². The van der Waals surface area contributed by atoms with E-state index >= 15 is 0 Å². The number of hydrogen-bond donors (Lipinski definition) is 0. The standard InChI is InChI=1S/C12H12N2OS2/c1-2-16-6-5-15-9-3-4-10-11(7-9)17-12(8-13)14-10/h3-4,7H,2,5-6H2,1H3. The van der Waals surface area contributed by atoms with Crippen LogP contribution in [0.5, 0.6) is 5.75 Å². The summed E-state index contributed by atoms with van der Waals surface area (Å²) in [7, 11) is 0. The van der Waals surface area contributed by atoms with Crippen LogP contribution >= 0.6 is 23.1 Å². The molecule has 0 aliphatic carbocycles. The zero-order valence-corrected chi connectivity index (χ0v) is 11.1. The lowest BCUT2D eigenvalue weighted by Gasteiger charge is -2.04. The van der Waals surface area contributed by atoms with Crippen molar-refractivity contribution in [3.05, 3.63) is 23.2 Å². The average Bonchev–Trinajstić information content (AvgIpc) is 2.77. The van der Waals surface area contributed by atoms with Crippen LogP contribution in [0.15, 0.2) is 18.2 Å². The maximum atomic E-state index is 8.77. The molecule has 0 fully saturated rings. The van der Waals surface area contributed by atoms with Crippen LogP contribution < -0.4 is 4.74 Å². The molecule has 0 radical (unpaired) electrons. The summed E-state index contributed by atoms with van der Waals surface area (Å²) in [4.78, 5) is 4.18. The summed E-state index contributed by atoms with van der Waals surface area (Å²) in [5.41, 5.74) is 0.863. The van der Waals surface area contributed by atoms with Gasteiger partial charge in [0.25, 0.3) is 0 Å². The average molecular weight is 264 g/mol. The van der Waals surface area contributed by atoms with Crippen LogP contribution in [0.2, 0.25) is 0 Å². The summed E-state index contributed by atoms with van der Waals surface area (Å²) in [6.07, 6.45) is 0. The van der Waals surface area contributed by atoms with Crippen LogP contribution in [0.1, 0.15) is 11.9 Å². The Hall–Kier alpha value is -1.25. The molecule has 0 saturated carbocycles. The maximum absolute atomic E-state index is 8.77. The molecule has 88 valence electrons. The molecule has 0 aliphatic rings. The molecule has 0 bridgehead atoms. The Morgan fingerprint density at radius 3 is 3.18 bits per heavy atom. The first-order valence-electron chi connectivity index (χ1n) is 5.34. The highest BCUT2D eigenvalue weighted by atomic mass is 32.2. The first-order chi connectivity index (χ1) is 8.33. The van der Waals surface area contributed by atoms with Gasteiger partial charge >= 0.3 is 0 Å². The Balaban J connectivity index is 2.06. The van der Waals surface area contributed by atoms with Gasteiger partial charge in [0, 0.05) is 5.75 Å². The lowest BCUT2D eigenvalue weighted by Crippen LogP contribution is -1.99. The van der Waals surface area contributed by atoms with E-state index in [0.29, 0.717) is 11.6 Å². The number of ether oxygens (including phenoxy) is 1. The molecule has 0 aliphatic heterocycles. The molecule has 0 atom stereocenters. The minimum absolute atomic E-state index is 0.499. The summed E-state index contributed by atoms with van der Waals surface area (Å²) < 4.78 is 6.64. The summed E-state index contributed by atoms with van der Waals surface area (Å²) in [6, 6.07) is 7.81. The predicted molar refractivity (Wildman–Crippen MR) is 72.8 cm³/mol. The maximum Gasteiger partial charge on any atom is 0.195 e. The largest absolute Gasteiger partial charge is 0.493 e. The number of rotatable bonds is 5. The Kier molecular flexibility index (Phi) is 4.24. The van der Waals surface area contributed by atoms with Gasteiger partial charge < -0.3 is 4.74 Å². The van der Waals surface area contributed by atoms with Gasteiger partial charge in [-0.2, -0.15) is 17.0 Å². The molecule has 0 saturated heterocycles. The van der Waals surface area contributed by atoms with Crippen molar-refractivity contribution in [2.75, 3.05) is 18.1 Å². The number of aromatic nitrogens is 1. The fourth-order valence-electron chi connectivity index (χ4n) is 1.41. The van der Waals surface area contributed by atoms with Crippen molar-refractivity contribution in [3.8, 4) is 11.8 Å². The molecule has 5 heteroatoms. The van der Waals surface area contributed by atoms with Crippen LogP contribution in [0.3, 0.4) is 0 Å². The second kappa shape index (κ2) is 5.89. The van der Waals surface area contributed by atoms with Gasteiger partial charge in [-0.3, -0.25) is 0 Å². The van der Waals surface area contributed by atoms with Gasteiger partial charge in [-0.25, -0.2) is 4.98 Å². The van der Waals surface area contributed by atoms with E-state index in [2.05, 4.69) is 18.0 Å². The van der Waals surface area contributed by atoms with Crippen molar-refractivity contribution >= 4 is 33.3 Å². The quantitative estimate of drug-likeness (QED) is 0.777. The summed E-state index contributed by atoms with van der Waals surface area (Å²) >= 11 is 3.26. The molecule has 0 N–H and O–H groups in total. The van der Waals surface area contributed by atoms with Crippen molar-refractivity contribution in [2.24, 2.45) is 0 Å². The Morgan fingerprint density at radius 2 is 2.41 bits per heavy atom. The van der Waals surface area contributed by atoms with E-state index in [0.717, 1.165) is 27.5 Å². The van der Waals surface area contributed by atoms with Crippen molar-refractivity contribution in [2.45, 2.75) is 6.92 Å². The van der Waals surface area contributed by atoms with E-state index in [1.54, 1.807) is 0 Å². The topological polar surface area (TPSA) is 45.9 Å². The number of fused-ring (bicyclic) bond motifs is 1. The van der Waals surface area contributed by atoms with Gasteiger partial charge in [0.1, 0.15) is 11.8 Å². The molecule has 1 aromatic carbocycles. The van der Waals surface area contributed by atoms with Crippen molar-refractivity contribution in [1.82, 2.24) is 4.98 Å².